The summed E-state index contributed by atoms with van der Waals surface area (Å²) in [4.78, 5) is 2.36. The summed E-state index contributed by atoms with van der Waals surface area (Å²) in [6.07, 6.45) is 0.666. The Bertz CT molecular complexity index is 375. The van der Waals surface area contributed by atoms with E-state index < -0.39 is 0 Å². The normalized spacial score (nSPS) is 27.1. The van der Waals surface area contributed by atoms with Crippen LogP contribution < -0.4 is 5.73 Å². The highest BCUT2D eigenvalue weighted by molar-refractivity contribution is 5.21. The third kappa shape index (κ3) is 3.55. The Labute approximate surface area is 110 Å². The number of hydrogen-bond acceptors (Lipinski definition) is 3. The van der Waals surface area contributed by atoms with Crippen LogP contribution in [0.4, 0.5) is 0 Å². The maximum atomic E-state index is 9.73. The van der Waals surface area contributed by atoms with Gasteiger partial charge in [0.25, 0.3) is 0 Å². The van der Waals surface area contributed by atoms with Gasteiger partial charge in [0.2, 0.25) is 0 Å². The second kappa shape index (κ2) is 5.83. The molecule has 3 N–H and O–H groups in total. The number of nitrogens with two attached hydrogens (primary N) is 1. The maximum absolute atomic E-state index is 9.73. The van der Waals surface area contributed by atoms with Crippen LogP contribution in [0.5, 0.6) is 0 Å². The van der Waals surface area contributed by atoms with Gasteiger partial charge in [-0.25, -0.2) is 0 Å². The molecule has 0 saturated carbocycles. The minimum absolute atomic E-state index is 0.184. The number of rotatable bonds is 3. The lowest BCUT2D eigenvalue weighted by Gasteiger charge is -2.37. The second-order valence-electron chi connectivity index (χ2n) is 5.68. The largest absolute Gasteiger partial charge is 0.393 e. The van der Waals surface area contributed by atoms with E-state index in [9.17, 15) is 5.11 Å². The summed E-state index contributed by atoms with van der Waals surface area (Å²) in [7, 11) is 0. The first kappa shape index (κ1) is 13.5. The van der Waals surface area contributed by atoms with Gasteiger partial charge in [-0.1, -0.05) is 29.8 Å². The molecule has 0 bridgehead atoms. The highest BCUT2D eigenvalue weighted by atomic mass is 16.3. The van der Waals surface area contributed by atoms with Crippen molar-refractivity contribution in [3.8, 4) is 0 Å². The van der Waals surface area contributed by atoms with Gasteiger partial charge in [-0.15, -0.1) is 0 Å². The van der Waals surface area contributed by atoms with Crippen LogP contribution in [-0.4, -0.2) is 35.2 Å². The van der Waals surface area contributed by atoms with E-state index in [4.69, 9.17) is 5.73 Å². The Morgan fingerprint density at radius 3 is 2.61 bits per heavy atom. The van der Waals surface area contributed by atoms with Crippen LogP contribution >= 0.6 is 0 Å². The van der Waals surface area contributed by atoms with Crippen LogP contribution in [0.3, 0.4) is 0 Å². The van der Waals surface area contributed by atoms with E-state index >= 15 is 0 Å². The zero-order valence-corrected chi connectivity index (χ0v) is 11.3. The number of aliphatic hydroxyl groups excluding tert-OH is 1. The van der Waals surface area contributed by atoms with E-state index in [1.54, 1.807) is 0 Å². The third-order valence-corrected chi connectivity index (χ3v) is 3.80. The Balaban J connectivity index is 1.98. The molecule has 2 rings (SSSR count). The molecular formula is C15H24N2O. The molecule has 1 fully saturated rings. The van der Waals surface area contributed by atoms with Gasteiger partial charge in [-0.2, -0.15) is 0 Å². The molecule has 3 nitrogen and oxygen atoms in total. The predicted molar refractivity (Wildman–Crippen MR) is 74.2 cm³/mol. The summed E-state index contributed by atoms with van der Waals surface area (Å²) in [6, 6.07) is 8.82. The van der Waals surface area contributed by atoms with Gasteiger partial charge in [0.1, 0.15) is 0 Å². The van der Waals surface area contributed by atoms with Crippen molar-refractivity contribution in [1.82, 2.24) is 4.90 Å². The monoisotopic (exact) mass is 248 g/mol. The van der Waals surface area contributed by atoms with Gasteiger partial charge < -0.3 is 10.8 Å². The van der Waals surface area contributed by atoms with E-state index in [0.717, 1.165) is 26.1 Å². The highest BCUT2D eigenvalue weighted by Crippen LogP contribution is 2.21. The number of hydrogen-bond donors (Lipinski definition) is 2. The predicted octanol–water partition coefficient (Wildman–Crippen LogP) is 1.53. The molecule has 3 unspecified atom stereocenters. The van der Waals surface area contributed by atoms with Crippen molar-refractivity contribution in [2.75, 3.05) is 13.1 Å². The fraction of sp³-hybridized carbons (Fsp3) is 0.600. The topological polar surface area (TPSA) is 49.5 Å². The van der Waals surface area contributed by atoms with Gasteiger partial charge in [-0.3, -0.25) is 4.90 Å². The fourth-order valence-corrected chi connectivity index (χ4v) is 2.71. The molecule has 0 aromatic heterocycles. The lowest BCUT2D eigenvalue weighted by molar-refractivity contribution is 0.0516. The average molecular weight is 248 g/mol. The SMILES string of the molecule is Cc1ccc(CN2CC(N)CC(C(C)O)C2)cc1. The molecule has 0 spiro atoms. The van der Waals surface area contributed by atoms with Gasteiger partial charge in [-0.05, 0) is 31.7 Å². The molecule has 18 heavy (non-hydrogen) atoms. The first-order valence-corrected chi connectivity index (χ1v) is 6.76. The molecule has 0 radical (unpaired) electrons. The van der Waals surface area contributed by atoms with Crippen LogP contribution in [0, 0.1) is 12.8 Å². The number of aliphatic hydroxyl groups is 1. The zero-order chi connectivity index (χ0) is 13.1. The van der Waals surface area contributed by atoms with E-state index in [2.05, 4.69) is 36.1 Å². The van der Waals surface area contributed by atoms with Crippen LogP contribution in [0.25, 0.3) is 0 Å². The number of likely N-dealkylation sites (tertiary alicyclic amines) is 1. The quantitative estimate of drug-likeness (QED) is 0.853. The van der Waals surface area contributed by atoms with Crippen molar-refractivity contribution in [2.45, 2.75) is 39.0 Å². The first-order valence-electron chi connectivity index (χ1n) is 6.76. The minimum Gasteiger partial charge on any atom is -0.393 e. The van der Waals surface area contributed by atoms with Crippen molar-refractivity contribution < 1.29 is 5.11 Å². The fourth-order valence-electron chi connectivity index (χ4n) is 2.71. The molecule has 0 aliphatic carbocycles. The number of benzene rings is 1. The third-order valence-electron chi connectivity index (χ3n) is 3.80. The smallest absolute Gasteiger partial charge is 0.0553 e. The molecular weight excluding hydrogens is 224 g/mol. The van der Waals surface area contributed by atoms with Crippen molar-refractivity contribution in [2.24, 2.45) is 11.7 Å². The van der Waals surface area contributed by atoms with Crippen LogP contribution in [0.2, 0.25) is 0 Å². The molecule has 1 aliphatic heterocycles. The van der Waals surface area contributed by atoms with Crippen molar-refractivity contribution in [3.05, 3.63) is 35.4 Å². The van der Waals surface area contributed by atoms with Crippen LogP contribution in [0.15, 0.2) is 24.3 Å². The summed E-state index contributed by atoms with van der Waals surface area (Å²) in [6.45, 7) is 6.77. The van der Waals surface area contributed by atoms with Crippen molar-refractivity contribution in [1.29, 1.82) is 0 Å². The Morgan fingerprint density at radius 1 is 1.33 bits per heavy atom. The number of piperidine rings is 1. The molecule has 3 atom stereocenters. The Kier molecular flexibility index (Phi) is 4.38. The Hall–Kier alpha value is -0.900. The Morgan fingerprint density at radius 2 is 2.00 bits per heavy atom. The summed E-state index contributed by atoms with van der Waals surface area (Å²) in [5.74, 6) is 0.305. The van der Waals surface area contributed by atoms with E-state index in [1.807, 2.05) is 6.92 Å². The summed E-state index contributed by atoms with van der Waals surface area (Å²) in [5.41, 5.74) is 8.68. The first-order chi connectivity index (χ1) is 8.54. The minimum atomic E-state index is -0.267. The lowest BCUT2D eigenvalue weighted by atomic mass is 9.90. The second-order valence-corrected chi connectivity index (χ2v) is 5.68. The molecule has 1 saturated heterocycles. The summed E-state index contributed by atoms with van der Waals surface area (Å²) in [5, 5.41) is 9.73. The highest BCUT2D eigenvalue weighted by Gasteiger charge is 2.27. The maximum Gasteiger partial charge on any atom is 0.0553 e. The van der Waals surface area contributed by atoms with Gasteiger partial charge in [0.05, 0.1) is 6.10 Å². The van der Waals surface area contributed by atoms with E-state index in [1.165, 1.54) is 11.1 Å². The standard InChI is InChI=1S/C15H24N2O/c1-11-3-5-13(6-4-11)8-17-9-14(12(2)18)7-15(16)10-17/h3-6,12,14-15,18H,7-10,16H2,1-2H3. The van der Waals surface area contributed by atoms with Crippen molar-refractivity contribution >= 4 is 0 Å². The average Bonchev–Trinajstić information content (AvgIpc) is 2.31. The van der Waals surface area contributed by atoms with Gasteiger partial charge in [0, 0.05) is 25.7 Å². The number of aryl methyl sites for hydroxylation is 1. The number of nitrogens with zero attached hydrogens (tertiary/aromatic N) is 1. The van der Waals surface area contributed by atoms with Crippen LogP contribution in [0.1, 0.15) is 24.5 Å². The van der Waals surface area contributed by atoms with Crippen LogP contribution in [-0.2, 0) is 6.54 Å². The summed E-state index contributed by atoms with van der Waals surface area (Å²) >= 11 is 0. The lowest BCUT2D eigenvalue weighted by Crippen LogP contribution is -2.49. The van der Waals surface area contributed by atoms with Gasteiger partial charge in [0.15, 0.2) is 0 Å². The van der Waals surface area contributed by atoms with Crippen molar-refractivity contribution in [3.63, 3.8) is 0 Å². The molecule has 1 aromatic rings. The molecule has 0 amide bonds. The van der Waals surface area contributed by atoms with E-state index in [0.29, 0.717) is 5.92 Å². The van der Waals surface area contributed by atoms with Gasteiger partial charge >= 0.3 is 0 Å². The summed E-state index contributed by atoms with van der Waals surface area (Å²) < 4.78 is 0. The molecule has 1 heterocycles. The van der Waals surface area contributed by atoms with E-state index in [-0.39, 0.29) is 12.1 Å². The molecule has 3 heteroatoms. The molecule has 100 valence electrons. The molecule has 1 aliphatic rings. The molecule has 1 aromatic carbocycles. The zero-order valence-electron chi connectivity index (χ0n) is 11.3.